The van der Waals surface area contributed by atoms with E-state index in [9.17, 15) is 14.4 Å². The lowest BCUT2D eigenvalue weighted by Gasteiger charge is -2.00. The molecule has 0 amide bonds. The Hall–Kier alpha value is -2.63. The minimum Gasteiger partial charge on any atom is -0.469 e. The van der Waals surface area contributed by atoms with Crippen LogP contribution in [0.25, 0.3) is 10.9 Å². The van der Waals surface area contributed by atoms with E-state index < -0.39 is 11.9 Å². The summed E-state index contributed by atoms with van der Waals surface area (Å²) in [7, 11) is 1.35. The van der Waals surface area contributed by atoms with Gasteiger partial charge in [-0.1, -0.05) is 6.07 Å². The highest BCUT2D eigenvalue weighted by atomic mass is 16.6. The van der Waals surface area contributed by atoms with Crippen LogP contribution in [-0.4, -0.2) is 30.0 Å². The molecule has 1 aromatic heterocycles. The van der Waals surface area contributed by atoms with E-state index >= 15 is 0 Å². The van der Waals surface area contributed by atoms with Crippen LogP contribution >= 0.6 is 0 Å². The summed E-state index contributed by atoms with van der Waals surface area (Å²) in [5, 5.41) is 0.958. The third-order valence-electron chi connectivity index (χ3n) is 3.44. The van der Waals surface area contributed by atoms with Crippen LogP contribution < -0.4 is 0 Å². The summed E-state index contributed by atoms with van der Waals surface area (Å²) in [6, 6.07) is 5.04. The molecule has 6 nitrogen and oxygen atoms in total. The molecule has 22 heavy (non-hydrogen) atoms. The summed E-state index contributed by atoms with van der Waals surface area (Å²) in [6.45, 7) is 3.12. The minimum absolute atomic E-state index is 0.274. The summed E-state index contributed by atoms with van der Waals surface area (Å²) < 4.78 is 9.19. The second-order valence-electron chi connectivity index (χ2n) is 4.95. The molecular weight excluding hydrogens is 286 g/mol. The Morgan fingerprint density at radius 3 is 2.59 bits per heavy atom. The second kappa shape index (κ2) is 6.43. The first-order chi connectivity index (χ1) is 10.4. The number of rotatable bonds is 4. The molecule has 0 fully saturated rings. The molecule has 0 spiro atoms. The fraction of sp³-hybridized carbons (Fsp3) is 0.312. The third kappa shape index (κ3) is 3.33. The van der Waals surface area contributed by atoms with Crippen LogP contribution in [0.2, 0.25) is 0 Å². The number of nitrogens with one attached hydrogen (secondary N) is 1. The Kier molecular flexibility index (Phi) is 4.60. The number of H-pyrrole nitrogens is 1. The van der Waals surface area contributed by atoms with Gasteiger partial charge in [-0.25, -0.2) is 4.79 Å². The van der Waals surface area contributed by atoms with Gasteiger partial charge in [-0.3, -0.25) is 9.59 Å². The fourth-order valence-corrected chi connectivity index (χ4v) is 2.29. The number of aromatic amines is 1. The number of aryl methyl sites for hydroxylation is 2. The second-order valence-corrected chi connectivity index (χ2v) is 4.95. The maximum Gasteiger partial charge on any atom is 0.345 e. The standard InChI is InChI=1S/C16H17NO5/c1-9-12-5-4-11(16(20)22-10(2)18)8-14(12)17-13(9)6-7-15(19)21-3/h4-5,8,17H,6-7H2,1-3H3. The van der Waals surface area contributed by atoms with E-state index in [0.717, 1.165) is 22.2 Å². The molecule has 0 aliphatic carbocycles. The van der Waals surface area contributed by atoms with E-state index in [0.29, 0.717) is 12.0 Å². The topological polar surface area (TPSA) is 85.5 Å². The molecule has 2 rings (SSSR count). The van der Waals surface area contributed by atoms with Crippen LogP contribution in [0.1, 0.15) is 35.0 Å². The summed E-state index contributed by atoms with van der Waals surface area (Å²) in [4.78, 5) is 37.0. The van der Waals surface area contributed by atoms with Gasteiger partial charge in [0.05, 0.1) is 19.1 Å². The highest BCUT2D eigenvalue weighted by Gasteiger charge is 2.14. The van der Waals surface area contributed by atoms with Crippen molar-refractivity contribution in [3.63, 3.8) is 0 Å². The number of benzene rings is 1. The maximum absolute atomic E-state index is 11.7. The largest absolute Gasteiger partial charge is 0.469 e. The smallest absolute Gasteiger partial charge is 0.345 e. The van der Waals surface area contributed by atoms with Crippen LogP contribution in [0, 0.1) is 6.92 Å². The van der Waals surface area contributed by atoms with Crippen LogP contribution in [0.4, 0.5) is 0 Å². The molecule has 0 unspecified atom stereocenters. The lowest BCUT2D eigenvalue weighted by molar-refractivity contribution is -0.140. The van der Waals surface area contributed by atoms with Crippen molar-refractivity contribution < 1.29 is 23.9 Å². The van der Waals surface area contributed by atoms with Gasteiger partial charge in [-0.15, -0.1) is 0 Å². The zero-order valence-electron chi connectivity index (χ0n) is 12.7. The van der Waals surface area contributed by atoms with Gasteiger partial charge in [0.2, 0.25) is 0 Å². The fourth-order valence-electron chi connectivity index (χ4n) is 2.29. The number of ether oxygens (including phenoxy) is 2. The van der Waals surface area contributed by atoms with Gasteiger partial charge >= 0.3 is 17.9 Å². The zero-order valence-corrected chi connectivity index (χ0v) is 12.7. The van der Waals surface area contributed by atoms with Gasteiger partial charge in [0.15, 0.2) is 0 Å². The number of esters is 3. The van der Waals surface area contributed by atoms with Gasteiger partial charge in [0, 0.05) is 23.5 Å². The molecule has 1 aromatic carbocycles. The Labute approximate surface area is 127 Å². The number of carbonyl (C=O) groups is 3. The summed E-state index contributed by atoms with van der Waals surface area (Å²) in [5.74, 6) is -1.60. The first-order valence-corrected chi connectivity index (χ1v) is 6.83. The SMILES string of the molecule is COC(=O)CCc1[nH]c2cc(C(=O)OC(C)=O)ccc2c1C. The van der Waals surface area contributed by atoms with Crippen LogP contribution in [-0.2, 0) is 25.5 Å². The van der Waals surface area contributed by atoms with Crippen molar-refractivity contribution in [3.05, 3.63) is 35.0 Å². The Morgan fingerprint density at radius 1 is 1.23 bits per heavy atom. The van der Waals surface area contributed by atoms with Gasteiger partial charge in [0.1, 0.15) is 0 Å². The van der Waals surface area contributed by atoms with Gasteiger partial charge < -0.3 is 14.5 Å². The molecule has 116 valence electrons. The van der Waals surface area contributed by atoms with Crippen molar-refractivity contribution in [3.8, 4) is 0 Å². The quantitative estimate of drug-likeness (QED) is 0.692. The average molecular weight is 303 g/mol. The van der Waals surface area contributed by atoms with E-state index in [2.05, 4.69) is 14.5 Å². The number of hydrogen-bond acceptors (Lipinski definition) is 5. The lowest BCUT2D eigenvalue weighted by atomic mass is 10.1. The average Bonchev–Trinajstić information content (AvgIpc) is 2.80. The first kappa shape index (κ1) is 15.8. The number of fused-ring (bicyclic) bond motifs is 1. The van der Waals surface area contributed by atoms with E-state index in [4.69, 9.17) is 0 Å². The van der Waals surface area contributed by atoms with Crippen LogP contribution in [0.5, 0.6) is 0 Å². The first-order valence-electron chi connectivity index (χ1n) is 6.83. The van der Waals surface area contributed by atoms with E-state index in [1.54, 1.807) is 18.2 Å². The van der Waals surface area contributed by atoms with Crippen molar-refractivity contribution in [2.75, 3.05) is 7.11 Å². The lowest BCUT2D eigenvalue weighted by Crippen LogP contribution is -2.08. The minimum atomic E-state index is -0.683. The molecule has 0 bridgehead atoms. The molecule has 1 heterocycles. The van der Waals surface area contributed by atoms with E-state index in [-0.39, 0.29) is 12.4 Å². The van der Waals surface area contributed by atoms with Gasteiger partial charge in [-0.05, 0) is 31.0 Å². The van der Waals surface area contributed by atoms with Gasteiger partial charge in [-0.2, -0.15) is 0 Å². The highest BCUT2D eigenvalue weighted by molar-refractivity contribution is 5.99. The molecule has 2 aromatic rings. The van der Waals surface area contributed by atoms with Crippen LogP contribution in [0.3, 0.4) is 0 Å². The number of aromatic nitrogens is 1. The molecule has 0 aliphatic rings. The van der Waals surface area contributed by atoms with Crippen molar-refractivity contribution in [2.24, 2.45) is 0 Å². The van der Waals surface area contributed by atoms with Crippen molar-refractivity contribution in [1.29, 1.82) is 0 Å². The summed E-state index contributed by atoms with van der Waals surface area (Å²) >= 11 is 0. The number of carbonyl (C=O) groups excluding carboxylic acids is 3. The Morgan fingerprint density at radius 2 is 1.95 bits per heavy atom. The zero-order chi connectivity index (χ0) is 16.3. The number of hydrogen-bond donors (Lipinski definition) is 1. The summed E-state index contributed by atoms with van der Waals surface area (Å²) in [6.07, 6.45) is 0.809. The maximum atomic E-state index is 11.7. The predicted octanol–water partition coefficient (Wildman–Crippen LogP) is 2.29. The van der Waals surface area contributed by atoms with Gasteiger partial charge in [0.25, 0.3) is 0 Å². The molecule has 0 radical (unpaired) electrons. The summed E-state index contributed by atoms with van der Waals surface area (Å²) in [5.41, 5.74) is 2.99. The molecule has 1 N–H and O–H groups in total. The van der Waals surface area contributed by atoms with Crippen LogP contribution in [0.15, 0.2) is 18.2 Å². The number of methoxy groups -OCH3 is 1. The highest BCUT2D eigenvalue weighted by Crippen LogP contribution is 2.24. The Bertz CT molecular complexity index is 744. The normalized spacial score (nSPS) is 10.5. The molecule has 0 atom stereocenters. The monoisotopic (exact) mass is 303 g/mol. The third-order valence-corrected chi connectivity index (χ3v) is 3.44. The predicted molar refractivity (Wildman–Crippen MR) is 79.5 cm³/mol. The Balaban J connectivity index is 2.28. The molecule has 6 heteroatoms. The van der Waals surface area contributed by atoms with Crippen molar-refractivity contribution in [1.82, 2.24) is 4.98 Å². The molecule has 0 saturated carbocycles. The molecule has 0 saturated heterocycles. The van der Waals surface area contributed by atoms with E-state index in [1.165, 1.54) is 14.0 Å². The van der Waals surface area contributed by atoms with E-state index in [1.807, 2.05) is 6.92 Å². The van der Waals surface area contributed by atoms with Crippen molar-refractivity contribution in [2.45, 2.75) is 26.7 Å². The molecular formula is C16H17NO5. The molecule has 0 aliphatic heterocycles. The van der Waals surface area contributed by atoms with Crippen molar-refractivity contribution >= 4 is 28.8 Å².